The van der Waals surface area contributed by atoms with Crippen LogP contribution < -0.4 is 0 Å². The number of carboxylic acids is 1. The molecular weight excluding hydrogens is 192 g/mol. The van der Waals surface area contributed by atoms with Gasteiger partial charge in [0.2, 0.25) is 0 Å². The minimum Gasteiger partial charge on any atom is -0.478 e. The van der Waals surface area contributed by atoms with Crippen molar-refractivity contribution in [2.75, 3.05) is 0 Å². The number of hydrogen-bond acceptors (Lipinski definition) is 2. The van der Waals surface area contributed by atoms with E-state index in [1.54, 1.807) is 30.7 Å². The summed E-state index contributed by atoms with van der Waals surface area (Å²) in [6, 6.07) is 6.90. The molecule has 2 aromatic rings. The minimum atomic E-state index is -0.906. The average Bonchev–Trinajstić information content (AvgIpc) is 2.70. The average molecular weight is 202 g/mol. The Kier molecular flexibility index (Phi) is 2.29. The van der Waals surface area contributed by atoms with E-state index in [2.05, 4.69) is 0 Å². The van der Waals surface area contributed by atoms with Gasteiger partial charge in [-0.2, -0.15) is 0 Å². The summed E-state index contributed by atoms with van der Waals surface area (Å²) in [6.45, 7) is 1.88. The molecule has 0 atom stereocenters. The monoisotopic (exact) mass is 202 g/mol. The Morgan fingerprint density at radius 3 is 2.67 bits per heavy atom. The number of rotatable bonds is 2. The van der Waals surface area contributed by atoms with E-state index in [4.69, 9.17) is 9.52 Å². The third-order valence-electron chi connectivity index (χ3n) is 2.31. The Bertz CT molecular complexity index is 484. The number of carboxylic acid groups (broad SMARTS) is 1. The van der Waals surface area contributed by atoms with Crippen molar-refractivity contribution in [3.8, 4) is 11.1 Å². The molecule has 15 heavy (non-hydrogen) atoms. The van der Waals surface area contributed by atoms with E-state index in [0.29, 0.717) is 5.56 Å². The number of benzene rings is 1. The van der Waals surface area contributed by atoms with Crippen molar-refractivity contribution in [2.45, 2.75) is 6.92 Å². The van der Waals surface area contributed by atoms with Gasteiger partial charge in [0.1, 0.15) is 0 Å². The van der Waals surface area contributed by atoms with Crippen LogP contribution in [-0.2, 0) is 0 Å². The number of furan rings is 1. The third kappa shape index (κ3) is 1.76. The van der Waals surface area contributed by atoms with Crippen LogP contribution in [0.1, 0.15) is 15.9 Å². The second kappa shape index (κ2) is 3.61. The van der Waals surface area contributed by atoms with Gasteiger partial charge in [-0.15, -0.1) is 0 Å². The molecule has 1 aromatic carbocycles. The van der Waals surface area contributed by atoms with E-state index in [-0.39, 0.29) is 0 Å². The molecule has 0 amide bonds. The van der Waals surface area contributed by atoms with Gasteiger partial charge in [0.15, 0.2) is 0 Å². The second-order valence-electron chi connectivity index (χ2n) is 3.35. The van der Waals surface area contributed by atoms with Gasteiger partial charge in [0.25, 0.3) is 0 Å². The topological polar surface area (TPSA) is 50.4 Å². The van der Waals surface area contributed by atoms with Crippen LogP contribution in [0.2, 0.25) is 0 Å². The Labute approximate surface area is 87.0 Å². The summed E-state index contributed by atoms with van der Waals surface area (Å²) in [4.78, 5) is 10.7. The fraction of sp³-hybridized carbons (Fsp3) is 0.0833. The summed E-state index contributed by atoms with van der Waals surface area (Å²) < 4.78 is 4.99. The zero-order chi connectivity index (χ0) is 10.8. The summed E-state index contributed by atoms with van der Waals surface area (Å²) >= 11 is 0. The molecule has 0 unspecified atom stereocenters. The van der Waals surface area contributed by atoms with Crippen molar-refractivity contribution in [1.82, 2.24) is 0 Å². The van der Waals surface area contributed by atoms with Crippen LogP contribution in [0.5, 0.6) is 0 Å². The first-order chi connectivity index (χ1) is 7.18. The maximum absolute atomic E-state index is 10.7. The highest BCUT2D eigenvalue weighted by Gasteiger charge is 2.07. The van der Waals surface area contributed by atoms with Crippen LogP contribution in [0.15, 0.2) is 41.2 Å². The lowest BCUT2D eigenvalue weighted by Gasteiger charge is -2.03. The molecule has 0 saturated carbocycles. The molecule has 1 aromatic heterocycles. The molecule has 76 valence electrons. The van der Waals surface area contributed by atoms with Crippen LogP contribution in [0.4, 0.5) is 0 Å². The molecule has 0 aliphatic carbocycles. The normalized spacial score (nSPS) is 10.2. The van der Waals surface area contributed by atoms with Crippen LogP contribution in [0.25, 0.3) is 11.1 Å². The maximum Gasteiger partial charge on any atom is 0.335 e. The molecule has 0 fully saturated rings. The SMILES string of the molecule is Cc1cc(C(=O)O)ccc1-c1ccoc1. The fourth-order valence-corrected chi connectivity index (χ4v) is 1.54. The zero-order valence-corrected chi connectivity index (χ0v) is 8.23. The summed E-state index contributed by atoms with van der Waals surface area (Å²) in [5.41, 5.74) is 3.19. The van der Waals surface area contributed by atoms with Gasteiger partial charge in [-0.05, 0) is 36.2 Å². The standard InChI is InChI=1S/C12H10O3/c1-8-6-9(12(13)14)2-3-11(8)10-4-5-15-7-10/h2-7H,1H3,(H,13,14). The summed E-state index contributed by atoms with van der Waals surface area (Å²) in [6.07, 6.45) is 3.24. The number of carbonyl (C=O) groups is 1. The number of aromatic carboxylic acids is 1. The van der Waals surface area contributed by atoms with Crippen LogP contribution >= 0.6 is 0 Å². The van der Waals surface area contributed by atoms with Crippen molar-refractivity contribution in [3.05, 3.63) is 47.9 Å². The number of hydrogen-bond donors (Lipinski definition) is 1. The van der Waals surface area contributed by atoms with Crippen molar-refractivity contribution < 1.29 is 14.3 Å². The molecule has 3 nitrogen and oxygen atoms in total. The Morgan fingerprint density at radius 1 is 1.33 bits per heavy atom. The van der Waals surface area contributed by atoms with Gasteiger partial charge in [-0.3, -0.25) is 0 Å². The van der Waals surface area contributed by atoms with E-state index in [1.807, 2.05) is 13.0 Å². The van der Waals surface area contributed by atoms with Gasteiger partial charge in [-0.25, -0.2) is 4.79 Å². The van der Waals surface area contributed by atoms with Crippen molar-refractivity contribution >= 4 is 5.97 Å². The molecule has 2 rings (SSSR count). The highest BCUT2D eigenvalue weighted by molar-refractivity contribution is 5.89. The number of aryl methyl sites for hydroxylation is 1. The Hall–Kier alpha value is -2.03. The summed E-state index contributed by atoms with van der Waals surface area (Å²) in [5.74, 6) is -0.906. The van der Waals surface area contributed by atoms with Gasteiger partial charge < -0.3 is 9.52 Å². The zero-order valence-electron chi connectivity index (χ0n) is 8.23. The molecule has 0 spiro atoms. The van der Waals surface area contributed by atoms with Gasteiger partial charge in [-0.1, -0.05) is 6.07 Å². The smallest absolute Gasteiger partial charge is 0.335 e. The molecule has 0 aliphatic heterocycles. The van der Waals surface area contributed by atoms with Gasteiger partial charge >= 0.3 is 5.97 Å². The summed E-state index contributed by atoms with van der Waals surface area (Å²) in [7, 11) is 0. The third-order valence-corrected chi connectivity index (χ3v) is 2.31. The second-order valence-corrected chi connectivity index (χ2v) is 3.35. The van der Waals surface area contributed by atoms with E-state index < -0.39 is 5.97 Å². The minimum absolute atomic E-state index is 0.305. The lowest BCUT2D eigenvalue weighted by molar-refractivity contribution is 0.0697. The van der Waals surface area contributed by atoms with E-state index in [9.17, 15) is 4.79 Å². The Morgan fingerprint density at radius 2 is 2.13 bits per heavy atom. The molecule has 3 heteroatoms. The molecule has 1 N–H and O–H groups in total. The lowest BCUT2D eigenvalue weighted by Crippen LogP contribution is -1.96. The van der Waals surface area contributed by atoms with E-state index >= 15 is 0 Å². The first-order valence-electron chi connectivity index (χ1n) is 4.55. The molecule has 0 radical (unpaired) electrons. The first-order valence-corrected chi connectivity index (χ1v) is 4.55. The molecule has 0 saturated heterocycles. The van der Waals surface area contributed by atoms with E-state index in [0.717, 1.165) is 16.7 Å². The van der Waals surface area contributed by atoms with Crippen molar-refractivity contribution in [2.24, 2.45) is 0 Å². The van der Waals surface area contributed by atoms with Gasteiger partial charge in [0.05, 0.1) is 18.1 Å². The predicted octanol–water partition coefficient (Wildman–Crippen LogP) is 2.95. The van der Waals surface area contributed by atoms with E-state index in [1.165, 1.54) is 0 Å². The highest BCUT2D eigenvalue weighted by atomic mass is 16.4. The van der Waals surface area contributed by atoms with Crippen molar-refractivity contribution in [3.63, 3.8) is 0 Å². The highest BCUT2D eigenvalue weighted by Crippen LogP contribution is 2.24. The molecular formula is C12H10O3. The van der Waals surface area contributed by atoms with Crippen LogP contribution in [0, 0.1) is 6.92 Å². The molecule has 0 bridgehead atoms. The summed E-state index contributed by atoms with van der Waals surface area (Å²) in [5, 5.41) is 8.81. The van der Waals surface area contributed by atoms with Crippen molar-refractivity contribution in [1.29, 1.82) is 0 Å². The predicted molar refractivity (Wildman–Crippen MR) is 55.8 cm³/mol. The van der Waals surface area contributed by atoms with Gasteiger partial charge in [0, 0.05) is 5.56 Å². The first kappa shape index (κ1) is 9.52. The fourth-order valence-electron chi connectivity index (χ4n) is 1.54. The van der Waals surface area contributed by atoms with Crippen LogP contribution in [0.3, 0.4) is 0 Å². The van der Waals surface area contributed by atoms with Crippen LogP contribution in [-0.4, -0.2) is 11.1 Å². The lowest BCUT2D eigenvalue weighted by atomic mass is 10.0. The molecule has 1 heterocycles. The maximum atomic E-state index is 10.7. The largest absolute Gasteiger partial charge is 0.478 e. The quantitative estimate of drug-likeness (QED) is 0.814. The Balaban J connectivity index is 2.48. The molecule has 0 aliphatic rings.